The highest BCUT2D eigenvalue weighted by molar-refractivity contribution is 5.67. The lowest BCUT2D eigenvalue weighted by molar-refractivity contribution is -0.139. The van der Waals surface area contributed by atoms with Crippen molar-refractivity contribution < 1.29 is 9.90 Å². The first kappa shape index (κ1) is 20.2. The lowest BCUT2D eigenvalue weighted by Crippen LogP contribution is -2.40. The summed E-state index contributed by atoms with van der Waals surface area (Å²) in [6, 6.07) is 20.8. The summed E-state index contributed by atoms with van der Waals surface area (Å²) < 4.78 is 0. The minimum atomic E-state index is -0.738. The molecule has 26 heavy (non-hydrogen) atoms. The van der Waals surface area contributed by atoms with Gasteiger partial charge in [-0.1, -0.05) is 81.4 Å². The van der Waals surface area contributed by atoms with Gasteiger partial charge in [-0.05, 0) is 29.9 Å². The number of carbonyl (C=O) groups is 1. The molecular formula is C23H31NO2. The Morgan fingerprint density at radius 2 is 1.54 bits per heavy atom. The molecule has 3 nitrogen and oxygen atoms in total. The van der Waals surface area contributed by atoms with Crippen LogP contribution < -0.4 is 0 Å². The van der Waals surface area contributed by atoms with Gasteiger partial charge in [-0.2, -0.15) is 0 Å². The Morgan fingerprint density at radius 1 is 1.00 bits per heavy atom. The topological polar surface area (TPSA) is 40.5 Å². The van der Waals surface area contributed by atoms with Gasteiger partial charge in [-0.3, -0.25) is 9.69 Å². The van der Waals surface area contributed by atoms with Crippen LogP contribution in [0.5, 0.6) is 0 Å². The van der Waals surface area contributed by atoms with Crippen LogP contribution in [-0.4, -0.2) is 22.0 Å². The van der Waals surface area contributed by atoms with Gasteiger partial charge in [0.25, 0.3) is 0 Å². The summed E-state index contributed by atoms with van der Waals surface area (Å²) in [5, 5.41) is 9.52. The van der Waals surface area contributed by atoms with Crippen molar-refractivity contribution in [2.24, 2.45) is 5.41 Å². The molecule has 0 fully saturated rings. The summed E-state index contributed by atoms with van der Waals surface area (Å²) in [6.45, 7) is 9.45. The zero-order valence-electron chi connectivity index (χ0n) is 16.4. The molecule has 0 aliphatic carbocycles. The molecule has 0 aliphatic heterocycles. The molecule has 1 N–H and O–H groups in total. The number of nitrogens with zero attached hydrogens (tertiary/aromatic N) is 1. The van der Waals surface area contributed by atoms with E-state index in [1.807, 2.05) is 36.4 Å². The summed E-state index contributed by atoms with van der Waals surface area (Å²) in [5.74, 6) is -0.738. The number of hydrogen-bond acceptors (Lipinski definition) is 2. The van der Waals surface area contributed by atoms with Crippen LogP contribution in [0.25, 0.3) is 0 Å². The van der Waals surface area contributed by atoms with Crippen LogP contribution in [0.15, 0.2) is 60.7 Å². The molecule has 0 saturated carbocycles. The maximum Gasteiger partial charge on any atom is 0.304 e. The van der Waals surface area contributed by atoms with E-state index in [4.69, 9.17) is 0 Å². The van der Waals surface area contributed by atoms with Crippen molar-refractivity contribution in [3.05, 3.63) is 71.8 Å². The fraction of sp³-hybridized carbons (Fsp3) is 0.435. The molecule has 0 heterocycles. The number of rotatable bonds is 8. The third-order valence-corrected chi connectivity index (χ3v) is 4.71. The van der Waals surface area contributed by atoms with E-state index in [2.05, 4.69) is 56.9 Å². The van der Waals surface area contributed by atoms with Gasteiger partial charge < -0.3 is 5.11 Å². The summed E-state index contributed by atoms with van der Waals surface area (Å²) in [7, 11) is 0. The normalized spacial score (nSPS) is 14.2. The van der Waals surface area contributed by atoms with E-state index in [1.54, 1.807) is 0 Å². The van der Waals surface area contributed by atoms with E-state index >= 15 is 0 Å². The van der Waals surface area contributed by atoms with Crippen molar-refractivity contribution >= 4 is 5.97 Å². The molecule has 0 spiro atoms. The number of aliphatic carboxylic acids is 1. The van der Waals surface area contributed by atoms with Crippen molar-refractivity contribution in [1.82, 2.24) is 4.90 Å². The molecule has 140 valence electrons. The molecule has 0 aromatic heterocycles. The van der Waals surface area contributed by atoms with Crippen LogP contribution in [-0.2, 0) is 11.3 Å². The van der Waals surface area contributed by atoms with Gasteiger partial charge in [-0.15, -0.1) is 0 Å². The average molecular weight is 354 g/mol. The molecule has 0 amide bonds. The molecule has 0 bridgehead atoms. The Hall–Kier alpha value is -2.13. The monoisotopic (exact) mass is 353 g/mol. The second kappa shape index (κ2) is 9.00. The summed E-state index contributed by atoms with van der Waals surface area (Å²) >= 11 is 0. The van der Waals surface area contributed by atoms with Crippen LogP contribution in [0, 0.1) is 5.41 Å². The Labute approximate surface area is 157 Å². The van der Waals surface area contributed by atoms with Gasteiger partial charge in [0.1, 0.15) is 0 Å². The molecule has 2 atom stereocenters. The number of hydrogen-bond donors (Lipinski definition) is 1. The highest BCUT2D eigenvalue weighted by atomic mass is 16.4. The van der Waals surface area contributed by atoms with Crippen molar-refractivity contribution in [1.29, 1.82) is 0 Å². The van der Waals surface area contributed by atoms with Gasteiger partial charge >= 0.3 is 5.97 Å². The SMILES string of the molecule is C[C@H](c1ccccc1)N(Cc1ccccc1)[C@@H](CC(=O)O)CC(C)(C)C. The number of carboxylic acids is 1. The highest BCUT2D eigenvalue weighted by Crippen LogP contribution is 2.32. The van der Waals surface area contributed by atoms with Crippen LogP contribution >= 0.6 is 0 Å². The van der Waals surface area contributed by atoms with Crippen molar-refractivity contribution in [2.75, 3.05) is 0 Å². The Kier molecular flexibility index (Phi) is 6.98. The molecule has 2 aromatic carbocycles. The van der Waals surface area contributed by atoms with Crippen molar-refractivity contribution in [2.45, 2.75) is 59.2 Å². The maximum absolute atomic E-state index is 11.6. The highest BCUT2D eigenvalue weighted by Gasteiger charge is 2.30. The van der Waals surface area contributed by atoms with E-state index < -0.39 is 5.97 Å². The average Bonchev–Trinajstić information content (AvgIpc) is 2.58. The van der Waals surface area contributed by atoms with E-state index in [0.29, 0.717) is 0 Å². The largest absolute Gasteiger partial charge is 0.481 e. The number of carboxylic acid groups (broad SMARTS) is 1. The van der Waals surface area contributed by atoms with E-state index in [1.165, 1.54) is 11.1 Å². The maximum atomic E-state index is 11.6. The Morgan fingerprint density at radius 3 is 2.04 bits per heavy atom. The fourth-order valence-corrected chi connectivity index (χ4v) is 3.51. The summed E-state index contributed by atoms with van der Waals surface area (Å²) in [5.41, 5.74) is 2.48. The predicted octanol–water partition coefficient (Wildman–Crippen LogP) is 5.53. The molecule has 2 aromatic rings. The molecule has 0 saturated heterocycles. The third-order valence-electron chi connectivity index (χ3n) is 4.71. The zero-order chi connectivity index (χ0) is 19.2. The van der Waals surface area contributed by atoms with E-state index in [0.717, 1.165) is 13.0 Å². The van der Waals surface area contributed by atoms with Gasteiger partial charge in [0.05, 0.1) is 6.42 Å². The first-order valence-electron chi connectivity index (χ1n) is 9.32. The second-order valence-electron chi connectivity index (χ2n) is 8.26. The molecule has 3 heteroatoms. The quantitative estimate of drug-likeness (QED) is 0.678. The number of benzene rings is 2. The summed E-state index contributed by atoms with van der Waals surface area (Å²) in [6.07, 6.45) is 0.991. The molecule has 0 aliphatic rings. The summed E-state index contributed by atoms with van der Waals surface area (Å²) in [4.78, 5) is 13.9. The van der Waals surface area contributed by atoms with Gasteiger partial charge in [-0.25, -0.2) is 0 Å². The Balaban J connectivity index is 2.36. The van der Waals surface area contributed by atoms with E-state index in [9.17, 15) is 9.90 Å². The lowest BCUT2D eigenvalue weighted by Gasteiger charge is -2.39. The minimum Gasteiger partial charge on any atom is -0.481 e. The lowest BCUT2D eigenvalue weighted by atomic mass is 9.85. The van der Waals surface area contributed by atoms with Gasteiger partial charge in [0.2, 0.25) is 0 Å². The Bertz CT molecular complexity index is 676. The predicted molar refractivity (Wildman–Crippen MR) is 107 cm³/mol. The van der Waals surface area contributed by atoms with Crippen LogP contribution in [0.1, 0.15) is 57.7 Å². The molecular weight excluding hydrogens is 322 g/mol. The molecule has 2 rings (SSSR count). The van der Waals surface area contributed by atoms with Gasteiger partial charge in [0, 0.05) is 18.6 Å². The van der Waals surface area contributed by atoms with Crippen LogP contribution in [0.4, 0.5) is 0 Å². The first-order chi connectivity index (χ1) is 12.3. The zero-order valence-corrected chi connectivity index (χ0v) is 16.4. The van der Waals surface area contributed by atoms with E-state index in [-0.39, 0.29) is 23.9 Å². The van der Waals surface area contributed by atoms with Crippen LogP contribution in [0.2, 0.25) is 0 Å². The molecule has 0 unspecified atom stereocenters. The van der Waals surface area contributed by atoms with Crippen LogP contribution in [0.3, 0.4) is 0 Å². The third kappa shape index (κ3) is 6.30. The van der Waals surface area contributed by atoms with Gasteiger partial charge in [0.15, 0.2) is 0 Å². The smallest absolute Gasteiger partial charge is 0.304 e. The first-order valence-corrected chi connectivity index (χ1v) is 9.32. The fourth-order valence-electron chi connectivity index (χ4n) is 3.51. The standard InChI is InChI=1S/C23H31NO2/c1-18(20-13-9-6-10-14-20)24(17-19-11-7-5-8-12-19)21(15-22(25)26)16-23(2,3)4/h5-14,18,21H,15-17H2,1-4H3,(H,25,26)/t18-,21+/m1/s1. The van der Waals surface area contributed by atoms with Crippen molar-refractivity contribution in [3.8, 4) is 0 Å². The molecule has 0 radical (unpaired) electrons. The minimum absolute atomic E-state index is 0.0251. The second-order valence-corrected chi connectivity index (χ2v) is 8.26. The van der Waals surface area contributed by atoms with Crippen molar-refractivity contribution in [3.63, 3.8) is 0 Å².